The summed E-state index contributed by atoms with van der Waals surface area (Å²) in [6.45, 7) is 1.17. The van der Waals surface area contributed by atoms with Crippen LogP contribution in [0.15, 0.2) is 48.5 Å². The quantitative estimate of drug-likeness (QED) is 0.749. The predicted molar refractivity (Wildman–Crippen MR) is 104 cm³/mol. The van der Waals surface area contributed by atoms with Crippen LogP contribution < -0.4 is 16.0 Å². The highest BCUT2D eigenvalue weighted by Gasteiger charge is 2.44. The van der Waals surface area contributed by atoms with Gasteiger partial charge in [0, 0.05) is 22.0 Å². The highest BCUT2D eigenvalue weighted by atomic mass is 35.5. The topological polar surface area (TPSA) is 113 Å². The molecule has 1 aliphatic heterocycles. The van der Waals surface area contributed by atoms with Gasteiger partial charge < -0.3 is 11.1 Å². The molecule has 9 heteroatoms. The van der Waals surface area contributed by atoms with Gasteiger partial charge in [0.05, 0.1) is 0 Å². The molecule has 0 aliphatic carbocycles. The van der Waals surface area contributed by atoms with Gasteiger partial charge >= 0.3 is 6.03 Å². The van der Waals surface area contributed by atoms with E-state index in [-0.39, 0.29) is 0 Å². The van der Waals surface area contributed by atoms with Crippen molar-refractivity contribution in [1.29, 1.82) is 0 Å². The lowest BCUT2D eigenvalue weighted by Crippen LogP contribution is -2.39. The normalized spacial score (nSPS) is 16.4. The maximum Gasteiger partial charge on any atom is 0.332 e. The van der Waals surface area contributed by atoms with Crippen LogP contribution in [0.4, 0.5) is 16.2 Å². The van der Waals surface area contributed by atoms with Gasteiger partial charge in [-0.25, -0.2) is 4.79 Å². The third-order valence-electron chi connectivity index (χ3n) is 4.31. The number of carbonyl (C=O) groups excluding carboxylic acids is 4. The molecule has 8 nitrogen and oxygen atoms in total. The van der Waals surface area contributed by atoms with Crippen LogP contribution in [0, 0.1) is 0 Å². The van der Waals surface area contributed by atoms with Gasteiger partial charge in [-0.15, -0.1) is 0 Å². The van der Waals surface area contributed by atoms with Crippen molar-refractivity contribution in [2.24, 2.45) is 5.73 Å². The fourth-order valence-electron chi connectivity index (χ4n) is 2.87. The molecule has 0 radical (unpaired) electrons. The van der Waals surface area contributed by atoms with Crippen molar-refractivity contribution < 1.29 is 19.2 Å². The highest BCUT2D eigenvalue weighted by molar-refractivity contribution is 6.30. The standard InChI is InChI=1S/C19H17ClN4O4/c1-11-18(27)23(19(28)24(11)15-8-4-13(20)5-9-15)10-16(25)22-14-6-2-12(3-7-14)17(21)26/h2-9,11H,10H2,1H3,(H2,21,26)(H,22,25). The van der Waals surface area contributed by atoms with Crippen LogP contribution in [0.25, 0.3) is 0 Å². The zero-order valence-corrected chi connectivity index (χ0v) is 15.6. The van der Waals surface area contributed by atoms with Crippen molar-refractivity contribution in [3.63, 3.8) is 0 Å². The zero-order valence-electron chi connectivity index (χ0n) is 14.9. The van der Waals surface area contributed by atoms with Crippen LogP contribution in [0.3, 0.4) is 0 Å². The van der Waals surface area contributed by atoms with Crippen LogP contribution in [-0.4, -0.2) is 41.2 Å². The Labute approximate surface area is 165 Å². The summed E-state index contributed by atoms with van der Waals surface area (Å²) < 4.78 is 0. The minimum absolute atomic E-state index is 0.301. The van der Waals surface area contributed by atoms with E-state index in [2.05, 4.69) is 5.32 Å². The number of amides is 5. The van der Waals surface area contributed by atoms with Gasteiger partial charge in [-0.05, 0) is 55.5 Å². The summed E-state index contributed by atoms with van der Waals surface area (Å²) in [5.41, 5.74) is 6.40. The number of benzene rings is 2. The van der Waals surface area contributed by atoms with Crippen LogP contribution in [0.1, 0.15) is 17.3 Å². The summed E-state index contributed by atoms with van der Waals surface area (Å²) >= 11 is 5.86. The molecule has 2 aromatic rings. The number of hydrogen-bond donors (Lipinski definition) is 2. The second-order valence-corrected chi connectivity index (χ2v) is 6.66. The van der Waals surface area contributed by atoms with E-state index in [1.165, 1.54) is 29.2 Å². The Bertz CT molecular complexity index is 943. The molecule has 0 saturated carbocycles. The van der Waals surface area contributed by atoms with Crippen LogP contribution in [0.5, 0.6) is 0 Å². The largest absolute Gasteiger partial charge is 0.366 e. The Kier molecular flexibility index (Phi) is 5.32. The smallest absolute Gasteiger partial charge is 0.332 e. The summed E-state index contributed by atoms with van der Waals surface area (Å²) in [6.07, 6.45) is 0. The number of nitrogens with two attached hydrogens (primary N) is 1. The number of anilines is 2. The van der Waals surface area contributed by atoms with Crippen molar-refractivity contribution in [3.05, 3.63) is 59.1 Å². The molecule has 144 valence electrons. The fraction of sp³-hybridized carbons (Fsp3) is 0.158. The molecule has 5 amide bonds. The first kappa shape index (κ1) is 19.4. The Morgan fingerprint density at radius 3 is 2.25 bits per heavy atom. The molecular weight excluding hydrogens is 384 g/mol. The van der Waals surface area contributed by atoms with E-state index in [0.717, 1.165) is 4.90 Å². The van der Waals surface area contributed by atoms with E-state index in [4.69, 9.17) is 17.3 Å². The lowest BCUT2D eigenvalue weighted by molar-refractivity contribution is -0.130. The molecule has 0 spiro atoms. The number of primary amides is 1. The van der Waals surface area contributed by atoms with Crippen molar-refractivity contribution in [2.75, 3.05) is 16.8 Å². The van der Waals surface area contributed by atoms with Crippen LogP contribution in [-0.2, 0) is 9.59 Å². The zero-order chi connectivity index (χ0) is 20.4. The van der Waals surface area contributed by atoms with Crippen LogP contribution in [0.2, 0.25) is 5.02 Å². The summed E-state index contributed by atoms with van der Waals surface area (Å²) in [4.78, 5) is 50.7. The van der Waals surface area contributed by atoms with E-state index < -0.39 is 36.3 Å². The third-order valence-corrected chi connectivity index (χ3v) is 4.56. The van der Waals surface area contributed by atoms with E-state index >= 15 is 0 Å². The van der Waals surface area contributed by atoms with Crippen LogP contribution >= 0.6 is 11.6 Å². The Balaban J connectivity index is 1.70. The first-order chi connectivity index (χ1) is 13.3. The molecule has 1 aliphatic rings. The Morgan fingerprint density at radius 1 is 1.07 bits per heavy atom. The van der Waals surface area contributed by atoms with Crippen molar-refractivity contribution in [2.45, 2.75) is 13.0 Å². The molecule has 1 atom stereocenters. The number of nitrogens with zero attached hydrogens (tertiary/aromatic N) is 2. The molecule has 0 bridgehead atoms. The van der Waals surface area contributed by atoms with Crippen molar-refractivity contribution >= 4 is 46.7 Å². The van der Waals surface area contributed by atoms with Gasteiger partial charge in [0.1, 0.15) is 12.6 Å². The maximum absolute atomic E-state index is 12.7. The molecule has 3 rings (SSSR count). The fourth-order valence-corrected chi connectivity index (χ4v) is 3.00. The molecule has 1 saturated heterocycles. The third kappa shape index (κ3) is 3.81. The van der Waals surface area contributed by atoms with Gasteiger partial charge in [0.2, 0.25) is 11.8 Å². The average molecular weight is 401 g/mol. The number of urea groups is 1. The molecule has 1 unspecified atom stereocenters. The first-order valence-corrected chi connectivity index (χ1v) is 8.75. The average Bonchev–Trinajstić information content (AvgIpc) is 2.86. The number of imide groups is 1. The molecule has 1 fully saturated rings. The SMILES string of the molecule is CC1C(=O)N(CC(=O)Nc2ccc(C(N)=O)cc2)C(=O)N1c1ccc(Cl)cc1. The molecular formula is C19H17ClN4O4. The molecule has 1 heterocycles. The van der Waals surface area contributed by atoms with Gasteiger partial charge in [-0.3, -0.25) is 24.2 Å². The Morgan fingerprint density at radius 2 is 1.68 bits per heavy atom. The van der Waals surface area contributed by atoms with Crippen molar-refractivity contribution in [3.8, 4) is 0 Å². The second kappa shape index (κ2) is 7.69. The van der Waals surface area contributed by atoms with Gasteiger partial charge in [-0.1, -0.05) is 11.6 Å². The summed E-state index contributed by atoms with van der Waals surface area (Å²) in [5, 5.41) is 3.09. The minimum Gasteiger partial charge on any atom is -0.366 e. The van der Waals surface area contributed by atoms with Crippen molar-refractivity contribution in [1.82, 2.24) is 4.90 Å². The molecule has 3 N–H and O–H groups in total. The number of halogens is 1. The number of hydrogen-bond acceptors (Lipinski definition) is 4. The Hall–Kier alpha value is -3.39. The van der Waals surface area contributed by atoms with E-state index in [9.17, 15) is 19.2 Å². The lowest BCUT2D eigenvalue weighted by atomic mass is 10.2. The number of carbonyl (C=O) groups is 4. The highest BCUT2D eigenvalue weighted by Crippen LogP contribution is 2.27. The monoisotopic (exact) mass is 400 g/mol. The summed E-state index contributed by atoms with van der Waals surface area (Å²) in [6, 6.07) is 11.1. The number of nitrogens with one attached hydrogen (secondary N) is 1. The summed E-state index contributed by atoms with van der Waals surface area (Å²) in [5.74, 6) is -1.60. The summed E-state index contributed by atoms with van der Waals surface area (Å²) in [7, 11) is 0. The minimum atomic E-state index is -0.740. The van der Waals surface area contributed by atoms with E-state index in [1.54, 1.807) is 31.2 Å². The van der Waals surface area contributed by atoms with E-state index in [0.29, 0.717) is 22.0 Å². The van der Waals surface area contributed by atoms with Gasteiger partial charge in [0.25, 0.3) is 5.91 Å². The molecule has 2 aromatic carbocycles. The second-order valence-electron chi connectivity index (χ2n) is 6.22. The number of rotatable bonds is 5. The first-order valence-electron chi connectivity index (χ1n) is 8.38. The van der Waals surface area contributed by atoms with E-state index in [1.807, 2.05) is 0 Å². The molecule has 0 aromatic heterocycles. The molecule has 28 heavy (non-hydrogen) atoms. The maximum atomic E-state index is 12.7. The predicted octanol–water partition coefficient (Wildman–Crippen LogP) is 2.23. The van der Waals surface area contributed by atoms with Gasteiger partial charge in [0.15, 0.2) is 0 Å². The van der Waals surface area contributed by atoms with Gasteiger partial charge in [-0.2, -0.15) is 0 Å². The lowest BCUT2D eigenvalue weighted by Gasteiger charge is -2.19.